The van der Waals surface area contributed by atoms with E-state index in [-0.39, 0.29) is 10.8 Å². The Labute approximate surface area is 86.0 Å². The van der Waals surface area contributed by atoms with Crippen LogP contribution in [-0.2, 0) is 4.79 Å². The fraction of sp³-hybridized carbons (Fsp3) is 0.750. The molecule has 0 saturated carbocycles. The van der Waals surface area contributed by atoms with Crippen molar-refractivity contribution in [1.29, 1.82) is 0 Å². The second kappa shape index (κ2) is 2.41. The number of hydrogen-bond acceptors (Lipinski definition) is 1. The average molecular weight is 193 g/mol. The smallest absolute Gasteiger partial charge is 0.233 e. The first-order chi connectivity index (χ1) is 6.32. The highest BCUT2D eigenvalue weighted by molar-refractivity contribution is 5.90. The van der Waals surface area contributed by atoms with Crippen molar-refractivity contribution in [3.63, 3.8) is 0 Å². The molecule has 1 amide bonds. The van der Waals surface area contributed by atoms with Crippen LogP contribution in [0.1, 0.15) is 34.6 Å². The van der Waals surface area contributed by atoms with Crippen LogP contribution in [0.25, 0.3) is 0 Å². The van der Waals surface area contributed by atoms with Crippen LogP contribution in [-0.4, -0.2) is 22.9 Å². The molecule has 2 aliphatic rings. The first kappa shape index (κ1) is 9.75. The molecule has 0 radical (unpaired) electrons. The van der Waals surface area contributed by atoms with Crippen molar-refractivity contribution in [2.75, 3.05) is 0 Å². The van der Waals surface area contributed by atoms with Crippen molar-refractivity contribution < 1.29 is 4.79 Å². The SMILES string of the molecule is CC(C)N1C(=O)C2(C)C=CC1C2(C)C. The Morgan fingerprint density at radius 3 is 2.21 bits per heavy atom. The van der Waals surface area contributed by atoms with Gasteiger partial charge in [-0.2, -0.15) is 0 Å². The summed E-state index contributed by atoms with van der Waals surface area (Å²) in [6.07, 6.45) is 4.29. The first-order valence-electron chi connectivity index (χ1n) is 5.34. The van der Waals surface area contributed by atoms with Gasteiger partial charge in [-0.05, 0) is 20.8 Å². The maximum absolute atomic E-state index is 12.2. The van der Waals surface area contributed by atoms with Gasteiger partial charge in [0, 0.05) is 11.5 Å². The van der Waals surface area contributed by atoms with Crippen molar-refractivity contribution in [3.05, 3.63) is 12.2 Å². The molecule has 1 aliphatic heterocycles. The Kier molecular flexibility index (Phi) is 1.68. The van der Waals surface area contributed by atoms with Gasteiger partial charge in [0.15, 0.2) is 0 Å². The lowest BCUT2D eigenvalue weighted by molar-refractivity contribution is -0.136. The lowest BCUT2D eigenvalue weighted by Gasteiger charge is -2.31. The Morgan fingerprint density at radius 1 is 1.36 bits per heavy atom. The Morgan fingerprint density at radius 2 is 1.93 bits per heavy atom. The molecule has 1 aliphatic carbocycles. The predicted octanol–water partition coefficient (Wildman–Crippen LogP) is 2.21. The van der Waals surface area contributed by atoms with E-state index in [1.807, 2.05) is 4.90 Å². The minimum atomic E-state index is -0.276. The van der Waals surface area contributed by atoms with Gasteiger partial charge in [0.05, 0.1) is 11.5 Å². The van der Waals surface area contributed by atoms with Gasteiger partial charge in [0.25, 0.3) is 0 Å². The van der Waals surface area contributed by atoms with E-state index in [4.69, 9.17) is 0 Å². The third-order valence-corrected chi connectivity index (χ3v) is 4.22. The van der Waals surface area contributed by atoms with Gasteiger partial charge in [-0.1, -0.05) is 26.0 Å². The van der Waals surface area contributed by atoms with Crippen LogP contribution in [0.15, 0.2) is 12.2 Å². The summed E-state index contributed by atoms with van der Waals surface area (Å²) in [4.78, 5) is 14.2. The molecule has 2 unspecified atom stereocenters. The molecule has 2 nitrogen and oxygen atoms in total. The molecule has 2 heteroatoms. The van der Waals surface area contributed by atoms with E-state index in [2.05, 4.69) is 46.8 Å². The molecule has 2 rings (SSSR count). The Hall–Kier alpha value is -0.790. The van der Waals surface area contributed by atoms with E-state index in [0.29, 0.717) is 18.0 Å². The topological polar surface area (TPSA) is 20.3 Å². The zero-order valence-electron chi connectivity index (χ0n) is 9.66. The molecule has 0 aromatic rings. The molecule has 78 valence electrons. The molecule has 1 heterocycles. The molecule has 1 fully saturated rings. The number of amides is 1. The molecule has 2 atom stereocenters. The fourth-order valence-electron chi connectivity index (χ4n) is 2.78. The molecular formula is C12H19NO. The number of rotatable bonds is 1. The molecule has 2 bridgehead atoms. The van der Waals surface area contributed by atoms with Crippen molar-refractivity contribution in [3.8, 4) is 0 Å². The third-order valence-electron chi connectivity index (χ3n) is 4.22. The predicted molar refractivity (Wildman–Crippen MR) is 56.8 cm³/mol. The summed E-state index contributed by atoms with van der Waals surface area (Å²) in [5.41, 5.74) is -0.226. The standard InChI is InChI=1S/C12H19NO/c1-8(2)13-9-6-7-12(5,10(13)14)11(9,3)4/h6-9H,1-5H3. The minimum absolute atomic E-state index is 0.0500. The summed E-state index contributed by atoms with van der Waals surface area (Å²) >= 11 is 0. The van der Waals surface area contributed by atoms with Crippen LogP contribution in [0.2, 0.25) is 0 Å². The quantitative estimate of drug-likeness (QED) is 0.585. The lowest BCUT2D eigenvalue weighted by atomic mass is 9.70. The van der Waals surface area contributed by atoms with E-state index >= 15 is 0 Å². The second-order valence-electron chi connectivity index (χ2n) is 5.53. The van der Waals surface area contributed by atoms with Crippen LogP contribution >= 0.6 is 0 Å². The molecule has 0 aromatic heterocycles. The largest absolute Gasteiger partial charge is 0.332 e. The summed E-state index contributed by atoms with van der Waals surface area (Å²) in [5.74, 6) is 0.296. The summed E-state index contributed by atoms with van der Waals surface area (Å²) in [6.45, 7) is 10.6. The van der Waals surface area contributed by atoms with E-state index in [9.17, 15) is 4.79 Å². The number of likely N-dealkylation sites (tertiary alicyclic amines) is 1. The first-order valence-corrected chi connectivity index (χ1v) is 5.34. The van der Waals surface area contributed by atoms with Crippen molar-refractivity contribution in [2.24, 2.45) is 10.8 Å². The van der Waals surface area contributed by atoms with Gasteiger partial charge < -0.3 is 4.90 Å². The number of fused-ring (bicyclic) bond motifs is 2. The van der Waals surface area contributed by atoms with E-state index in [1.54, 1.807) is 0 Å². The van der Waals surface area contributed by atoms with E-state index in [1.165, 1.54) is 0 Å². The van der Waals surface area contributed by atoms with Crippen LogP contribution in [0.5, 0.6) is 0 Å². The van der Waals surface area contributed by atoms with Crippen molar-refractivity contribution >= 4 is 5.91 Å². The Balaban J connectivity index is 2.50. The molecule has 1 saturated heterocycles. The molecule has 0 N–H and O–H groups in total. The van der Waals surface area contributed by atoms with Gasteiger partial charge in [-0.25, -0.2) is 0 Å². The number of carbonyl (C=O) groups is 1. The fourth-order valence-corrected chi connectivity index (χ4v) is 2.78. The van der Waals surface area contributed by atoms with Gasteiger partial charge >= 0.3 is 0 Å². The highest BCUT2D eigenvalue weighted by Gasteiger charge is 2.63. The maximum atomic E-state index is 12.2. The zero-order valence-corrected chi connectivity index (χ0v) is 9.66. The normalized spacial score (nSPS) is 38.9. The summed E-state index contributed by atoms with van der Waals surface area (Å²) in [7, 11) is 0. The summed E-state index contributed by atoms with van der Waals surface area (Å²) in [6, 6.07) is 0.596. The number of carbonyl (C=O) groups excluding carboxylic acids is 1. The van der Waals surface area contributed by atoms with Gasteiger partial charge in [-0.3, -0.25) is 4.79 Å². The average Bonchev–Trinajstić information content (AvgIpc) is 2.35. The number of hydrogen-bond donors (Lipinski definition) is 0. The second-order valence-corrected chi connectivity index (χ2v) is 5.53. The van der Waals surface area contributed by atoms with Crippen LogP contribution in [0.4, 0.5) is 0 Å². The molecule has 14 heavy (non-hydrogen) atoms. The lowest BCUT2D eigenvalue weighted by Crippen LogP contribution is -2.42. The van der Waals surface area contributed by atoms with Crippen LogP contribution < -0.4 is 0 Å². The van der Waals surface area contributed by atoms with Crippen LogP contribution in [0, 0.1) is 10.8 Å². The molecular weight excluding hydrogens is 174 g/mol. The zero-order chi connectivity index (χ0) is 10.7. The maximum Gasteiger partial charge on any atom is 0.233 e. The van der Waals surface area contributed by atoms with E-state index in [0.717, 1.165) is 0 Å². The van der Waals surface area contributed by atoms with Gasteiger partial charge in [0.2, 0.25) is 5.91 Å². The minimum Gasteiger partial charge on any atom is -0.332 e. The highest BCUT2D eigenvalue weighted by atomic mass is 16.2. The van der Waals surface area contributed by atoms with Gasteiger partial charge in [0.1, 0.15) is 0 Å². The number of nitrogens with zero attached hydrogens (tertiary/aromatic N) is 1. The van der Waals surface area contributed by atoms with Crippen molar-refractivity contribution in [1.82, 2.24) is 4.90 Å². The Bertz CT molecular complexity index is 316. The van der Waals surface area contributed by atoms with Crippen LogP contribution in [0.3, 0.4) is 0 Å². The van der Waals surface area contributed by atoms with Gasteiger partial charge in [-0.15, -0.1) is 0 Å². The monoisotopic (exact) mass is 193 g/mol. The summed E-state index contributed by atoms with van der Waals surface area (Å²) in [5, 5.41) is 0. The molecule has 0 aromatic carbocycles. The molecule has 0 spiro atoms. The highest BCUT2D eigenvalue weighted by Crippen LogP contribution is 2.57. The summed E-state index contributed by atoms with van der Waals surface area (Å²) < 4.78 is 0. The van der Waals surface area contributed by atoms with E-state index < -0.39 is 0 Å². The third kappa shape index (κ3) is 0.800. The van der Waals surface area contributed by atoms with Crippen molar-refractivity contribution in [2.45, 2.75) is 46.7 Å².